The van der Waals surface area contributed by atoms with Crippen molar-refractivity contribution in [2.24, 2.45) is 0 Å². The van der Waals surface area contributed by atoms with E-state index >= 15 is 0 Å². The predicted molar refractivity (Wildman–Crippen MR) is 97.1 cm³/mol. The number of likely N-dealkylation sites (tertiary alicyclic amines) is 1. The van der Waals surface area contributed by atoms with E-state index in [0.29, 0.717) is 15.8 Å². The van der Waals surface area contributed by atoms with Crippen molar-refractivity contribution in [3.63, 3.8) is 0 Å². The fourth-order valence-corrected chi connectivity index (χ4v) is 3.59. The molecule has 1 atom stereocenters. The average molecular weight is 391 g/mol. The summed E-state index contributed by atoms with van der Waals surface area (Å²) in [6.07, 6.45) is 2.01. The first-order valence-corrected chi connectivity index (χ1v) is 8.87. The standard InChI is InChI=1S/C17H15Cl4NO/c18-12-10-13(19)15(21)16(14(12)20)23-17(22-8-4-5-9-22)11-6-2-1-3-7-11/h1-3,6-7,10,17H,4-5,8-9H2. The van der Waals surface area contributed by atoms with Crippen LogP contribution in [0.15, 0.2) is 36.4 Å². The second kappa shape index (κ2) is 7.50. The molecule has 2 aromatic rings. The highest BCUT2D eigenvalue weighted by molar-refractivity contribution is 6.48. The molecule has 0 amide bonds. The van der Waals surface area contributed by atoms with Crippen molar-refractivity contribution in [1.29, 1.82) is 0 Å². The summed E-state index contributed by atoms with van der Waals surface area (Å²) in [7, 11) is 0. The zero-order valence-corrected chi connectivity index (χ0v) is 15.3. The molecule has 3 rings (SSSR count). The quantitative estimate of drug-likeness (QED) is 0.554. The van der Waals surface area contributed by atoms with Crippen LogP contribution in [0.25, 0.3) is 0 Å². The summed E-state index contributed by atoms with van der Waals surface area (Å²) in [5.74, 6) is 0.326. The zero-order chi connectivity index (χ0) is 16.4. The molecule has 2 nitrogen and oxygen atoms in total. The SMILES string of the molecule is Clc1cc(Cl)c(Cl)c(OC(c2ccccc2)N2CCCC2)c1Cl. The Hall–Kier alpha value is -0.640. The Bertz CT molecular complexity index is 660. The van der Waals surface area contributed by atoms with Gasteiger partial charge in [-0.25, -0.2) is 0 Å². The van der Waals surface area contributed by atoms with Crippen LogP contribution in [0, 0.1) is 0 Å². The minimum atomic E-state index is -0.275. The number of ether oxygens (including phenoxy) is 1. The molecule has 0 N–H and O–H groups in total. The third-order valence-corrected chi connectivity index (χ3v) is 5.40. The van der Waals surface area contributed by atoms with Crippen molar-refractivity contribution in [3.05, 3.63) is 62.1 Å². The molecule has 2 aromatic carbocycles. The van der Waals surface area contributed by atoms with Crippen molar-refractivity contribution in [1.82, 2.24) is 4.90 Å². The van der Waals surface area contributed by atoms with E-state index in [4.69, 9.17) is 51.1 Å². The summed E-state index contributed by atoms with van der Waals surface area (Å²) >= 11 is 24.8. The first-order valence-electron chi connectivity index (χ1n) is 7.36. The molecule has 122 valence electrons. The van der Waals surface area contributed by atoms with Gasteiger partial charge >= 0.3 is 0 Å². The smallest absolute Gasteiger partial charge is 0.179 e. The summed E-state index contributed by atoms with van der Waals surface area (Å²) in [5, 5.41) is 1.20. The number of benzene rings is 2. The minimum absolute atomic E-state index is 0.275. The Kier molecular flexibility index (Phi) is 5.61. The fourth-order valence-electron chi connectivity index (χ4n) is 2.71. The first-order chi connectivity index (χ1) is 11.1. The molecule has 1 aliphatic rings. The Balaban J connectivity index is 1.99. The number of halogens is 4. The second-order valence-corrected chi connectivity index (χ2v) is 6.99. The van der Waals surface area contributed by atoms with Crippen molar-refractivity contribution >= 4 is 46.4 Å². The third-order valence-electron chi connectivity index (χ3n) is 3.86. The van der Waals surface area contributed by atoms with Gasteiger partial charge in [-0.15, -0.1) is 0 Å². The fraction of sp³-hybridized carbons (Fsp3) is 0.294. The van der Waals surface area contributed by atoms with E-state index in [1.165, 1.54) is 6.07 Å². The molecule has 0 saturated carbocycles. The van der Waals surface area contributed by atoms with E-state index < -0.39 is 0 Å². The van der Waals surface area contributed by atoms with Crippen LogP contribution >= 0.6 is 46.4 Å². The summed E-state index contributed by atoms with van der Waals surface area (Å²) < 4.78 is 6.20. The molecule has 6 heteroatoms. The van der Waals surface area contributed by atoms with E-state index in [-0.39, 0.29) is 16.3 Å². The van der Waals surface area contributed by atoms with Gasteiger partial charge in [0, 0.05) is 18.7 Å². The Labute approximate surface area is 155 Å². The molecule has 1 unspecified atom stereocenters. The zero-order valence-electron chi connectivity index (χ0n) is 12.2. The maximum atomic E-state index is 6.29. The largest absolute Gasteiger partial charge is 0.468 e. The van der Waals surface area contributed by atoms with E-state index in [1.807, 2.05) is 30.3 Å². The van der Waals surface area contributed by atoms with Crippen molar-refractivity contribution in [2.45, 2.75) is 19.1 Å². The lowest BCUT2D eigenvalue weighted by atomic mass is 10.2. The highest BCUT2D eigenvalue weighted by Gasteiger charge is 2.27. The number of rotatable bonds is 4. The molecule has 0 aliphatic carbocycles. The van der Waals surface area contributed by atoms with Gasteiger partial charge in [0.05, 0.1) is 10.0 Å². The molecular weight excluding hydrogens is 376 g/mol. The maximum Gasteiger partial charge on any atom is 0.179 e. The lowest BCUT2D eigenvalue weighted by Crippen LogP contribution is -2.30. The van der Waals surface area contributed by atoms with Crippen LogP contribution in [-0.2, 0) is 0 Å². The molecule has 0 aromatic heterocycles. The van der Waals surface area contributed by atoms with Crippen LogP contribution in [0.2, 0.25) is 20.1 Å². The van der Waals surface area contributed by atoms with Gasteiger partial charge in [0.25, 0.3) is 0 Å². The van der Waals surface area contributed by atoms with E-state index in [0.717, 1.165) is 31.5 Å². The van der Waals surface area contributed by atoms with Gasteiger partial charge in [-0.05, 0) is 18.9 Å². The number of nitrogens with zero attached hydrogens (tertiary/aromatic N) is 1. The van der Waals surface area contributed by atoms with Crippen molar-refractivity contribution in [3.8, 4) is 5.75 Å². The van der Waals surface area contributed by atoms with Gasteiger partial charge in [0.15, 0.2) is 12.0 Å². The molecular formula is C17H15Cl4NO. The first kappa shape index (κ1) is 17.2. The van der Waals surface area contributed by atoms with Crippen molar-refractivity contribution < 1.29 is 4.74 Å². The highest BCUT2D eigenvalue weighted by atomic mass is 35.5. The number of hydrogen-bond donors (Lipinski definition) is 0. The van der Waals surface area contributed by atoms with Crippen molar-refractivity contribution in [2.75, 3.05) is 13.1 Å². The predicted octanol–water partition coefficient (Wildman–Crippen LogP) is 6.47. The Morgan fingerprint density at radius 1 is 0.870 bits per heavy atom. The number of hydrogen-bond acceptors (Lipinski definition) is 2. The molecule has 0 radical (unpaired) electrons. The molecule has 0 bridgehead atoms. The van der Waals surface area contributed by atoms with Gasteiger partial charge in [-0.3, -0.25) is 4.90 Å². The van der Waals surface area contributed by atoms with Crippen LogP contribution in [0.3, 0.4) is 0 Å². The normalized spacial score (nSPS) is 16.5. The molecule has 0 spiro atoms. The van der Waals surface area contributed by atoms with Crippen LogP contribution in [0.1, 0.15) is 24.6 Å². The van der Waals surface area contributed by atoms with Gasteiger partial charge in [-0.1, -0.05) is 76.7 Å². The van der Waals surface area contributed by atoms with E-state index in [2.05, 4.69) is 4.90 Å². The molecule has 23 heavy (non-hydrogen) atoms. The lowest BCUT2D eigenvalue weighted by Gasteiger charge is -2.29. The summed E-state index contributed by atoms with van der Waals surface area (Å²) in [4.78, 5) is 2.26. The molecule has 1 aliphatic heterocycles. The summed E-state index contributed by atoms with van der Waals surface area (Å²) in [6, 6.07) is 11.5. The molecule has 1 heterocycles. The van der Waals surface area contributed by atoms with E-state index in [1.54, 1.807) is 0 Å². The van der Waals surface area contributed by atoms with E-state index in [9.17, 15) is 0 Å². The van der Waals surface area contributed by atoms with Crippen LogP contribution in [0.4, 0.5) is 0 Å². The van der Waals surface area contributed by atoms with Crippen LogP contribution < -0.4 is 4.74 Å². The average Bonchev–Trinajstić information content (AvgIpc) is 3.08. The van der Waals surface area contributed by atoms with Crippen LogP contribution in [-0.4, -0.2) is 18.0 Å². The summed E-state index contributed by atoms with van der Waals surface area (Å²) in [5.41, 5.74) is 1.04. The van der Waals surface area contributed by atoms with Crippen LogP contribution in [0.5, 0.6) is 5.75 Å². The lowest BCUT2D eigenvalue weighted by molar-refractivity contribution is 0.0422. The highest BCUT2D eigenvalue weighted by Crippen LogP contribution is 2.45. The molecule has 1 saturated heterocycles. The van der Waals surface area contributed by atoms with Gasteiger partial charge in [0.2, 0.25) is 0 Å². The third kappa shape index (κ3) is 3.72. The Morgan fingerprint density at radius 2 is 1.43 bits per heavy atom. The Morgan fingerprint density at radius 3 is 2.00 bits per heavy atom. The topological polar surface area (TPSA) is 12.5 Å². The monoisotopic (exact) mass is 389 g/mol. The summed E-state index contributed by atoms with van der Waals surface area (Å²) in [6.45, 7) is 1.92. The van der Waals surface area contributed by atoms with Gasteiger partial charge in [-0.2, -0.15) is 0 Å². The maximum absolute atomic E-state index is 6.29. The second-order valence-electron chi connectivity index (χ2n) is 5.42. The van der Waals surface area contributed by atoms with Gasteiger partial charge in [0.1, 0.15) is 10.0 Å². The van der Waals surface area contributed by atoms with Gasteiger partial charge < -0.3 is 4.74 Å². The minimum Gasteiger partial charge on any atom is -0.468 e. The molecule has 1 fully saturated rings.